The van der Waals surface area contributed by atoms with Crippen LogP contribution >= 0.6 is 11.8 Å². The zero-order valence-electron chi connectivity index (χ0n) is 17.3. The Balaban J connectivity index is 1.38. The van der Waals surface area contributed by atoms with Crippen molar-refractivity contribution >= 4 is 45.4 Å². The largest absolute Gasteiger partial charge is 0.309 e. The molecule has 0 fully saturated rings. The van der Waals surface area contributed by atoms with E-state index in [9.17, 15) is 0 Å². The first kappa shape index (κ1) is 18.1. The van der Waals surface area contributed by atoms with Gasteiger partial charge >= 0.3 is 0 Å². The molecule has 32 heavy (non-hydrogen) atoms. The fourth-order valence-electron chi connectivity index (χ4n) is 5.10. The molecule has 5 aromatic rings. The Morgan fingerprint density at radius 2 is 1.44 bits per heavy atom. The average molecular weight is 429 g/mol. The molecular formula is C29H20N2S. The number of aromatic nitrogens is 1. The van der Waals surface area contributed by atoms with E-state index in [2.05, 4.69) is 114 Å². The number of fused-ring (bicyclic) bond motifs is 6. The monoisotopic (exact) mass is 428 g/mol. The number of dihydropyridines is 1. The van der Waals surface area contributed by atoms with Crippen molar-refractivity contribution < 1.29 is 0 Å². The second-order valence-corrected chi connectivity index (χ2v) is 9.55. The Hall–Kier alpha value is -3.56. The molecular weight excluding hydrogens is 408 g/mol. The Bertz CT molecular complexity index is 1520. The lowest BCUT2D eigenvalue weighted by molar-refractivity contribution is 0.808. The zero-order valence-corrected chi connectivity index (χ0v) is 18.2. The maximum atomic E-state index is 4.92. The Kier molecular flexibility index (Phi) is 3.94. The van der Waals surface area contributed by atoms with Crippen LogP contribution in [0.3, 0.4) is 0 Å². The van der Waals surface area contributed by atoms with Crippen LogP contribution in [0.4, 0.5) is 0 Å². The number of hydrogen-bond donors (Lipinski definition) is 0. The van der Waals surface area contributed by atoms with Crippen molar-refractivity contribution in [1.82, 2.24) is 4.57 Å². The molecule has 2 aliphatic rings. The summed E-state index contributed by atoms with van der Waals surface area (Å²) in [6.07, 6.45) is 4.46. The lowest BCUT2D eigenvalue weighted by Crippen LogP contribution is -2.11. The predicted octanol–water partition coefficient (Wildman–Crippen LogP) is 7.47. The minimum absolute atomic E-state index is 0.261. The molecule has 1 aromatic heterocycles. The second kappa shape index (κ2) is 6.98. The van der Waals surface area contributed by atoms with Gasteiger partial charge in [-0.15, -0.1) is 0 Å². The maximum Gasteiger partial charge on any atom is 0.110 e. The number of hydrogen-bond acceptors (Lipinski definition) is 2. The van der Waals surface area contributed by atoms with E-state index in [1.807, 2.05) is 11.8 Å². The van der Waals surface area contributed by atoms with Crippen molar-refractivity contribution in [3.63, 3.8) is 0 Å². The first-order valence-electron chi connectivity index (χ1n) is 11.0. The molecule has 0 saturated carbocycles. The molecule has 2 unspecified atom stereocenters. The summed E-state index contributed by atoms with van der Waals surface area (Å²) in [5, 5.41) is 2.83. The third kappa shape index (κ3) is 2.64. The van der Waals surface area contributed by atoms with Crippen LogP contribution in [0, 0.1) is 0 Å². The molecule has 3 heterocycles. The van der Waals surface area contributed by atoms with E-state index in [0.717, 1.165) is 0 Å². The molecule has 0 spiro atoms. The number of benzene rings is 4. The fourth-order valence-corrected chi connectivity index (χ4v) is 6.35. The zero-order chi connectivity index (χ0) is 21.1. The van der Waals surface area contributed by atoms with Gasteiger partial charge in [0.2, 0.25) is 0 Å². The normalized spacial score (nSPS) is 19.2. The smallest absolute Gasteiger partial charge is 0.110 e. The molecule has 0 N–H and O–H groups in total. The third-order valence-corrected chi connectivity index (χ3v) is 7.85. The highest BCUT2D eigenvalue weighted by atomic mass is 32.2. The van der Waals surface area contributed by atoms with E-state index in [0.29, 0.717) is 5.92 Å². The van der Waals surface area contributed by atoms with Crippen LogP contribution in [-0.4, -0.2) is 16.2 Å². The first-order valence-corrected chi connectivity index (χ1v) is 11.8. The third-order valence-electron chi connectivity index (χ3n) is 6.57. The molecule has 2 atom stereocenters. The minimum Gasteiger partial charge on any atom is -0.309 e. The van der Waals surface area contributed by atoms with Crippen LogP contribution in [0.5, 0.6) is 0 Å². The Labute approximate surface area is 190 Å². The summed E-state index contributed by atoms with van der Waals surface area (Å²) < 4.78 is 2.37. The van der Waals surface area contributed by atoms with E-state index in [4.69, 9.17) is 4.99 Å². The summed E-state index contributed by atoms with van der Waals surface area (Å²) in [5.41, 5.74) is 7.46. The average Bonchev–Trinajstić information content (AvgIpc) is 3.39. The standard InChI is InChI=1S/C29H20N2S/c1-4-13-26-22(10-1)23-11-2-5-14-27(23)31(26)21-9-7-8-19(16-21)20-17-25-24-12-3-6-15-28(24)32-29(25)30-18-20/h1-18,25,29H. The Morgan fingerprint density at radius 3 is 2.25 bits per heavy atom. The van der Waals surface area contributed by atoms with Gasteiger partial charge in [0, 0.05) is 33.5 Å². The van der Waals surface area contributed by atoms with Gasteiger partial charge in [0.15, 0.2) is 0 Å². The molecule has 0 radical (unpaired) electrons. The van der Waals surface area contributed by atoms with Crippen molar-refractivity contribution in [1.29, 1.82) is 0 Å². The molecule has 0 saturated heterocycles. The van der Waals surface area contributed by atoms with Crippen LogP contribution in [0.15, 0.2) is 113 Å². The van der Waals surface area contributed by atoms with Gasteiger partial charge in [-0.05, 0) is 47.0 Å². The second-order valence-electron chi connectivity index (χ2n) is 8.39. The van der Waals surface area contributed by atoms with E-state index in [1.54, 1.807) is 0 Å². The Morgan fingerprint density at radius 1 is 0.719 bits per heavy atom. The van der Waals surface area contributed by atoms with Crippen molar-refractivity contribution in [3.8, 4) is 5.69 Å². The quantitative estimate of drug-likeness (QED) is 0.285. The molecule has 0 bridgehead atoms. The van der Waals surface area contributed by atoms with Crippen molar-refractivity contribution in [2.45, 2.75) is 16.2 Å². The van der Waals surface area contributed by atoms with E-state index < -0.39 is 0 Å². The first-order chi connectivity index (χ1) is 15.9. The van der Waals surface area contributed by atoms with Gasteiger partial charge in [-0.1, -0.05) is 84.6 Å². The van der Waals surface area contributed by atoms with Crippen molar-refractivity contribution in [2.24, 2.45) is 4.99 Å². The van der Waals surface area contributed by atoms with Crippen LogP contribution in [0.25, 0.3) is 33.1 Å². The highest BCUT2D eigenvalue weighted by molar-refractivity contribution is 8.00. The van der Waals surface area contributed by atoms with E-state index >= 15 is 0 Å². The van der Waals surface area contributed by atoms with Gasteiger partial charge in [0.05, 0.1) is 11.0 Å². The number of thioether (sulfide) groups is 1. The highest BCUT2D eigenvalue weighted by Crippen LogP contribution is 2.48. The maximum absolute atomic E-state index is 4.92. The van der Waals surface area contributed by atoms with Crippen LogP contribution in [0.2, 0.25) is 0 Å². The topological polar surface area (TPSA) is 17.3 Å². The van der Waals surface area contributed by atoms with Gasteiger partial charge in [0.25, 0.3) is 0 Å². The molecule has 152 valence electrons. The summed E-state index contributed by atoms with van der Waals surface area (Å²) in [6.45, 7) is 0. The van der Waals surface area contributed by atoms with Gasteiger partial charge < -0.3 is 4.57 Å². The highest BCUT2D eigenvalue weighted by Gasteiger charge is 2.33. The van der Waals surface area contributed by atoms with Crippen LogP contribution in [0.1, 0.15) is 17.0 Å². The number of para-hydroxylation sites is 2. The SMILES string of the molecule is C1=NC2Sc3ccccc3C2C=C1c1cccc(-n2c3ccccc3c3ccccc32)c1. The molecule has 3 heteroatoms. The molecule has 2 aliphatic heterocycles. The van der Waals surface area contributed by atoms with E-state index in [-0.39, 0.29) is 5.37 Å². The number of allylic oxidation sites excluding steroid dienone is 1. The van der Waals surface area contributed by atoms with Crippen LogP contribution < -0.4 is 0 Å². The fraction of sp³-hybridized carbons (Fsp3) is 0.0690. The predicted molar refractivity (Wildman–Crippen MR) is 136 cm³/mol. The summed E-state index contributed by atoms with van der Waals surface area (Å²) in [6, 6.07) is 34.9. The van der Waals surface area contributed by atoms with Gasteiger partial charge in [0.1, 0.15) is 5.37 Å². The van der Waals surface area contributed by atoms with E-state index in [1.165, 1.54) is 49.1 Å². The molecule has 0 amide bonds. The lowest BCUT2D eigenvalue weighted by Gasteiger charge is -2.19. The summed E-state index contributed by atoms with van der Waals surface area (Å²) in [5.74, 6) is 0.341. The van der Waals surface area contributed by atoms with Gasteiger partial charge in [-0.25, -0.2) is 0 Å². The van der Waals surface area contributed by atoms with Gasteiger partial charge in [-0.3, -0.25) is 4.99 Å². The summed E-state index contributed by atoms with van der Waals surface area (Å²) >= 11 is 1.87. The van der Waals surface area contributed by atoms with Crippen LogP contribution in [-0.2, 0) is 0 Å². The van der Waals surface area contributed by atoms with Gasteiger partial charge in [-0.2, -0.15) is 0 Å². The molecule has 2 nitrogen and oxygen atoms in total. The number of aliphatic imine (C=N–C) groups is 1. The van der Waals surface area contributed by atoms with Crippen molar-refractivity contribution in [3.05, 3.63) is 114 Å². The molecule has 4 aromatic carbocycles. The lowest BCUT2D eigenvalue weighted by atomic mass is 9.92. The summed E-state index contributed by atoms with van der Waals surface area (Å²) in [7, 11) is 0. The number of rotatable bonds is 2. The van der Waals surface area contributed by atoms with Crippen molar-refractivity contribution in [2.75, 3.05) is 0 Å². The summed E-state index contributed by atoms with van der Waals surface area (Å²) in [4.78, 5) is 6.28. The number of nitrogens with zero attached hydrogens (tertiary/aromatic N) is 2. The minimum atomic E-state index is 0.261. The molecule has 7 rings (SSSR count). The molecule has 0 aliphatic carbocycles.